The Bertz CT molecular complexity index is 464. The van der Waals surface area contributed by atoms with Crippen molar-refractivity contribution in [2.45, 2.75) is 46.1 Å². The average molecular weight is 269 g/mol. The molecule has 0 aliphatic carbocycles. The predicted octanol–water partition coefficient (Wildman–Crippen LogP) is 5.72. The van der Waals surface area contributed by atoms with Gasteiger partial charge < -0.3 is 4.90 Å². The fourth-order valence-electron chi connectivity index (χ4n) is 2.41. The van der Waals surface area contributed by atoms with Gasteiger partial charge in [-0.1, -0.05) is 50.8 Å². The molecule has 0 unspecified atom stereocenters. The number of anilines is 1. The minimum Gasteiger partial charge on any atom is -0.336 e. The van der Waals surface area contributed by atoms with Crippen LogP contribution in [0.5, 0.6) is 0 Å². The quantitative estimate of drug-likeness (QED) is 0.572. The summed E-state index contributed by atoms with van der Waals surface area (Å²) in [5.74, 6) is 0. The molecule has 1 nitrogen and oxygen atoms in total. The molecular formula is C19H27N. The van der Waals surface area contributed by atoms with E-state index in [4.69, 9.17) is 0 Å². The molecule has 108 valence electrons. The van der Waals surface area contributed by atoms with Crippen molar-refractivity contribution in [1.29, 1.82) is 0 Å². The van der Waals surface area contributed by atoms with E-state index < -0.39 is 0 Å². The van der Waals surface area contributed by atoms with Gasteiger partial charge in [-0.15, -0.1) is 0 Å². The SMILES string of the molecule is C=C/C=C(\C=C/C)N(c1ccccc1)C(C)(CC)CC. The molecule has 20 heavy (non-hydrogen) atoms. The fourth-order valence-corrected chi connectivity index (χ4v) is 2.41. The van der Waals surface area contributed by atoms with E-state index in [-0.39, 0.29) is 5.54 Å². The molecule has 1 aromatic rings. The predicted molar refractivity (Wildman–Crippen MR) is 91.0 cm³/mol. The summed E-state index contributed by atoms with van der Waals surface area (Å²) in [5, 5.41) is 0. The lowest BCUT2D eigenvalue weighted by molar-refractivity contribution is 0.418. The maximum absolute atomic E-state index is 3.86. The van der Waals surface area contributed by atoms with E-state index >= 15 is 0 Å². The summed E-state index contributed by atoms with van der Waals surface area (Å²) >= 11 is 0. The highest BCUT2D eigenvalue weighted by Gasteiger charge is 2.30. The Balaban J connectivity index is 3.41. The Morgan fingerprint density at radius 3 is 2.25 bits per heavy atom. The van der Waals surface area contributed by atoms with Gasteiger partial charge in [-0.25, -0.2) is 0 Å². The van der Waals surface area contributed by atoms with Gasteiger partial charge in [0.05, 0.1) is 0 Å². The van der Waals surface area contributed by atoms with Crippen LogP contribution in [0.15, 0.2) is 66.9 Å². The summed E-state index contributed by atoms with van der Waals surface area (Å²) in [7, 11) is 0. The van der Waals surface area contributed by atoms with Crippen molar-refractivity contribution in [2.24, 2.45) is 0 Å². The molecule has 0 aliphatic heterocycles. The van der Waals surface area contributed by atoms with Gasteiger partial charge in [-0.3, -0.25) is 0 Å². The van der Waals surface area contributed by atoms with Crippen molar-refractivity contribution < 1.29 is 0 Å². The second-order valence-corrected chi connectivity index (χ2v) is 5.20. The van der Waals surface area contributed by atoms with Crippen LogP contribution in [0.3, 0.4) is 0 Å². The Morgan fingerprint density at radius 1 is 1.20 bits per heavy atom. The first-order chi connectivity index (χ1) is 9.62. The standard InChI is InChI=1S/C19H27N/c1-6-13-17(14-7-2)20(19(5,8-3)9-4)18-15-11-10-12-16-18/h6-7,10-16H,1,8-9H2,2-5H3/b14-7-,17-13+. The minimum atomic E-state index is 0.0930. The van der Waals surface area contributed by atoms with E-state index in [1.54, 1.807) is 0 Å². The largest absolute Gasteiger partial charge is 0.336 e. The van der Waals surface area contributed by atoms with Crippen LogP contribution in [-0.2, 0) is 0 Å². The van der Waals surface area contributed by atoms with Crippen LogP contribution in [0.1, 0.15) is 40.5 Å². The molecule has 1 aromatic carbocycles. The molecule has 0 aliphatic rings. The molecule has 0 atom stereocenters. The zero-order valence-electron chi connectivity index (χ0n) is 13.3. The Hall–Kier alpha value is -1.76. The number of para-hydroxylation sites is 1. The number of nitrogens with zero attached hydrogens (tertiary/aromatic N) is 1. The van der Waals surface area contributed by atoms with E-state index in [1.165, 1.54) is 11.4 Å². The monoisotopic (exact) mass is 269 g/mol. The zero-order valence-corrected chi connectivity index (χ0v) is 13.3. The van der Waals surface area contributed by atoms with Crippen molar-refractivity contribution in [2.75, 3.05) is 4.90 Å². The Kier molecular flexibility index (Phi) is 6.30. The molecule has 0 N–H and O–H groups in total. The highest BCUT2D eigenvalue weighted by molar-refractivity contribution is 5.57. The molecule has 0 bridgehead atoms. The Labute approximate surface area is 124 Å². The Morgan fingerprint density at radius 2 is 1.80 bits per heavy atom. The van der Waals surface area contributed by atoms with Crippen LogP contribution >= 0.6 is 0 Å². The van der Waals surface area contributed by atoms with Crippen molar-refractivity contribution in [3.63, 3.8) is 0 Å². The zero-order chi connectivity index (χ0) is 15.0. The maximum Gasteiger partial charge on any atom is 0.0418 e. The lowest BCUT2D eigenvalue weighted by Crippen LogP contribution is -2.44. The van der Waals surface area contributed by atoms with Gasteiger partial charge in [0.15, 0.2) is 0 Å². The molecule has 1 rings (SSSR count). The first kappa shape index (κ1) is 16.3. The molecule has 0 heterocycles. The fraction of sp³-hybridized carbons (Fsp3) is 0.368. The van der Waals surface area contributed by atoms with Gasteiger partial charge >= 0.3 is 0 Å². The molecule has 0 fully saturated rings. The third-order valence-electron chi connectivity index (χ3n) is 3.96. The summed E-state index contributed by atoms with van der Waals surface area (Å²) in [5.41, 5.74) is 2.50. The average Bonchev–Trinajstić information content (AvgIpc) is 2.49. The van der Waals surface area contributed by atoms with Crippen molar-refractivity contribution >= 4 is 5.69 Å². The maximum atomic E-state index is 3.86. The number of benzene rings is 1. The van der Waals surface area contributed by atoms with Gasteiger partial charge in [-0.05, 0) is 51.0 Å². The molecule has 0 radical (unpaired) electrons. The highest BCUT2D eigenvalue weighted by atomic mass is 15.2. The van der Waals surface area contributed by atoms with E-state index in [2.05, 4.69) is 87.7 Å². The number of hydrogen-bond donors (Lipinski definition) is 0. The van der Waals surface area contributed by atoms with E-state index in [9.17, 15) is 0 Å². The van der Waals surface area contributed by atoms with Crippen molar-refractivity contribution in [3.8, 4) is 0 Å². The molecule has 0 amide bonds. The summed E-state index contributed by atoms with van der Waals surface area (Å²) in [6, 6.07) is 10.6. The lowest BCUT2D eigenvalue weighted by Gasteiger charge is -2.43. The molecule has 0 spiro atoms. The van der Waals surface area contributed by atoms with Gasteiger partial charge in [0.1, 0.15) is 0 Å². The molecule has 0 saturated carbocycles. The molecule has 1 heteroatoms. The van der Waals surface area contributed by atoms with Gasteiger partial charge in [-0.2, -0.15) is 0 Å². The van der Waals surface area contributed by atoms with E-state index in [0.29, 0.717) is 0 Å². The van der Waals surface area contributed by atoms with Crippen LogP contribution in [0, 0.1) is 0 Å². The number of hydrogen-bond acceptors (Lipinski definition) is 1. The van der Waals surface area contributed by atoms with Crippen LogP contribution in [0.25, 0.3) is 0 Å². The number of allylic oxidation sites excluding steroid dienone is 4. The van der Waals surface area contributed by atoms with E-state index in [1.807, 2.05) is 6.08 Å². The second-order valence-electron chi connectivity index (χ2n) is 5.20. The smallest absolute Gasteiger partial charge is 0.0418 e. The summed E-state index contributed by atoms with van der Waals surface area (Å²) in [6.45, 7) is 12.7. The second kappa shape index (κ2) is 7.74. The third-order valence-corrected chi connectivity index (χ3v) is 3.96. The molecular weight excluding hydrogens is 242 g/mol. The van der Waals surface area contributed by atoms with Gasteiger partial charge in [0.2, 0.25) is 0 Å². The number of rotatable bonds is 7. The van der Waals surface area contributed by atoms with Crippen molar-refractivity contribution in [1.82, 2.24) is 0 Å². The lowest BCUT2D eigenvalue weighted by atomic mass is 9.91. The first-order valence-electron chi connectivity index (χ1n) is 7.43. The van der Waals surface area contributed by atoms with Crippen LogP contribution in [-0.4, -0.2) is 5.54 Å². The minimum absolute atomic E-state index is 0.0930. The van der Waals surface area contributed by atoms with Crippen LogP contribution in [0.4, 0.5) is 5.69 Å². The first-order valence-corrected chi connectivity index (χ1v) is 7.43. The van der Waals surface area contributed by atoms with Crippen LogP contribution in [0.2, 0.25) is 0 Å². The summed E-state index contributed by atoms with van der Waals surface area (Å²) < 4.78 is 0. The normalized spacial score (nSPS) is 12.7. The highest BCUT2D eigenvalue weighted by Crippen LogP contribution is 2.33. The third kappa shape index (κ3) is 3.63. The van der Waals surface area contributed by atoms with Gasteiger partial charge in [0.25, 0.3) is 0 Å². The van der Waals surface area contributed by atoms with E-state index in [0.717, 1.165) is 12.8 Å². The summed E-state index contributed by atoms with van der Waals surface area (Å²) in [4.78, 5) is 2.43. The van der Waals surface area contributed by atoms with Crippen LogP contribution < -0.4 is 4.90 Å². The summed E-state index contributed by atoms with van der Waals surface area (Å²) in [6.07, 6.45) is 10.3. The topological polar surface area (TPSA) is 3.24 Å². The van der Waals surface area contributed by atoms with Crippen molar-refractivity contribution in [3.05, 3.63) is 66.9 Å². The van der Waals surface area contributed by atoms with Gasteiger partial charge in [0, 0.05) is 16.9 Å². The molecule has 0 saturated heterocycles. The molecule has 0 aromatic heterocycles.